The number of carbonyl (C=O) groups excluding carboxylic acids is 1. The monoisotopic (exact) mass is 382 g/mol. The third-order valence-electron chi connectivity index (χ3n) is 6.87. The van der Waals surface area contributed by atoms with Crippen LogP contribution in [0.2, 0.25) is 0 Å². The van der Waals surface area contributed by atoms with Gasteiger partial charge in [0, 0.05) is 24.3 Å². The van der Waals surface area contributed by atoms with E-state index in [2.05, 4.69) is 20.4 Å². The largest absolute Gasteiger partial charge is 0.460 e. The van der Waals surface area contributed by atoms with E-state index in [0.717, 1.165) is 31.8 Å². The van der Waals surface area contributed by atoms with Gasteiger partial charge in [-0.1, -0.05) is 20.4 Å². The minimum atomic E-state index is -0.790. The van der Waals surface area contributed by atoms with Crippen molar-refractivity contribution in [1.29, 1.82) is 0 Å². The molecule has 1 aliphatic carbocycles. The Morgan fingerprint density at radius 2 is 2.00 bits per heavy atom. The van der Waals surface area contributed by atoms with Gasteiger partial charge in [0.15, 0.2) is 18.2 Å². The summed E-state index contributed by atoms with van der Waals surface area (Å²) < 4.78 is 23.5. The van der Waals surface area contributed by atoms with Gasteiger partial charge >= 0.3 is 5.97 Å². The van der Waals surface area contributed by atoms with Gasteiger partial charge in [0.25, 0.3) is 0 Å². The van der Waals surface area contributed by atoms with E-state index in [0.29, 0.717) is 11.8 Å². The summed E-state index contributed by atoms with van der Waals surface area (Å²) in [5.74, 6) is -0.0446. The summed E-state index contributed by atoms with van der Waals surface area (Å²) in [6, 6.07) is 0. The van der Waals surface area contributed by atoms with E-state index < -0.39 is 29.9 Å². The van der Waals surface area contributed by atoms with Crippen LogP contribution in [0.4, 0.5) is 0 Å². The molecule has 0 radical (unpaired) electrons. The highest BCUT2D eigenvalue weighted by molar-refractivity contribution is 5.81. The molecule has 152 valence electrons. The third-order valence-corrected chi connectivity index (χ3v) is 6.87. The first-order valence-corrected chi connectivity index (χ1v) is 10.0. The first-order chi connectivity index (χ1) is 12.9. The third kappa shape index (κ3) is 3.13. The quantitative estimate of drug-likeness (QED) is 0.313. The highest BCUT2D eigenvalue weighted by Crippen LogP contribution is 2.60. The van der Waals surface area contributed by atoms with Crippen LogP contribution < -0.4 is 0 Å². The van der Waals surface area contributed by atoms with Crippen molar-refractivity contribution in [3.05, 3.63) is 12.7 Å². The van der Waals surface area contributed by atoms with Gasteiger partial charge in [-0.25, -0.2) is 14.6 Å². The summed E-state index contributed by atoms with van der Waals surface area (Å²) in [7, 11) is 0. The molecule has 5 rings (SSSR count). The molecule has 0 N–H and O–H groups in total. The summed E-state index contributed by atoms with van der Waals surface area (Å²) in [5, 5.41) is 0. The molecule has 0 aromatic carbocycles. The van der Waals surface area contributed by atoms with Crippen LogP contribution in [0.5, 0.6) is 0 Å². The lowest BCUT2D eigenvalue weighted by Gasteiger charge is -2.60. The molecule has 0 aromatic rings. The van der Waals surface area contributed by atoms with E-state index in [9.17, 15) is 4.79 Å². The number of hydrogen-bond donors (Lipinski definition) is 0. The van der Waals surface area contributed by atoms with Gasteiger partial charge in [-0.15, -0.1) is 0 Å². The average Bonchev–Trinajstić information content (AvgIpc) is 2.88. The van der Waals surface area contributed by atoms with Gasteiger partial charge in [-0.05, 0) is 38.0 Å². The van der Waals surface area contributed by atoms with Crippen LogP contribution in [0.25, 0.3) is 0 Å². The molecule has 5 fully saturated rings. The zero-order valence-corrected chi connectivity index (χ0v) is 16.3. The van der Waals surface area contributed by atoms with Gasteiger partial charge in [0.05, 0.1) is 6.61 Å². The zero-order chi connectivity index (χ0) is 19.2. The molecule has 4 aliphatic heterocycles. The molecule has 1 saturated carbocycles. The fraction of sp³-hybridized carbons (Fsp3) is 0.850. The molecule has 0 unspecified atom stereocenters. The van der Waals surface area contributed by atoms with Crippen molar-refractivity contribution < 1.29 is 33.5 Å². The Balaban J connectivity index is 1.51. The topological polar surface area (TPSA) is 72.5 Å². The molecular weight excluding hydrogens is 352 g/mol. The second kappa shape index (κ2) is 7.12. The number of esters is 1. The fourth-order valence-corrected chi connectivity index (χ4v) is 5.43. The number of hydrogen-bond acceptors (Lipinski definition) is 7. The van der Waals surface area contributed by atoms with Crippen molar-refractivity contribution >= 4 is 5.97 Å². The highest BCUT2D eigenvalue weighted by Gasteiger charge is 2.69. The van der Waals surface area contributed by atoms with Gasteiger partial charge in [-0.3, -0.25) is 0 Å². The normalized spacial score (nSPS) is 48.4. The van der Waals surface area contributed by atoms with Crippen LogP contribution in [-0.4, -0.2) is 43.2 Å². The van der Waals surface area contributed by atoms with Crippen molar-refractivity contribution in [2.24, 2.45) is 23.7 Å². The lowest BCUT2D eigenvalue weighted by Crippen LogP contribution is -2.70. The number of carbonyl (C=O) groups is 1. The van der Waals surface area contributed by atoms with Crippen LogP contribution in [0.3, 0.4) is 0 Å². The van der Waals surface area contributed by atoms with Gasteiger partial charge in [0.2, 0.25) is 5.79 Å². The second-order valence-electron chi connectivity index (χ2n) is 8.52. The molecule has 4 saturated heterocycles. The number of rotatable bonds is 5. The van der Waals surface area contributed by atoms with E-state index >= 15 is 0 Å². The Kier molecular flexibility index (Phi) is 5.10. The summed E-state index contributed by atoms with van der Waals surface area (Å²) in [6.45, 7) is 10.1. The minimum Gasteiger partial charge on any atom is -0.460 e. The van der Waals surface area contributed by atoms with Crippen molar-refractivity contribution in [1.82, 2.24) is 0 Å². The highest BCUT2D eigenvalue weighted by atomic mass is 17.3. The average molecular weight is 382 g/mol. The predicted octanol–water partition coefficient (Wildman–Crippen LogP) is 2.94. The zero-order valence-electron chi connectivity index (χ0n) is 16.3. The van der Waals surface area contributed by atoms with Gasteiger partial charge in [-0.2, -0.15) is 0 Å². The molecule has 8 atom stereocenters. The Morgan fingerprint density at radius 1 is 1.19 bits per heavy atom. The van der Waals surface area contributed by atoms with Crippen LogP contribution in [0.1, 0.15) is 46.5 Å². The summed E-state index contributed by atoms with van der Waals surface area (Å²) >= 11 is 0. The maximum atomic E-state index is 11.2. The summed E-state index contributed by atoms with van der Waals surface area (Å²) in [4.78, 5) is 23.1. The van der Waals surface area contributed by atoms with E-state index in [-0.39, 0.29) is 25.0 Å². The number of fused-ring (bicyclic) bond motifs is 2. The lowest BCUT2D eigenvalue weighted by atomic mass is 9.58. The molecule has 5 aliphatic rings. The summed E-state index contributed by atoms with van der Waals surface area (Å²) in [6.07, 6.45) is 4.14. The number of ether oxygens (including phenoxy) is 4. The molecule has 0 amide bonds. The molecule has 7 nitrogen and oxygen atoms in total. The van der Waals surface area contributed by atoms with E-state index in [1.807, 2.05) is 6.92 Å². The van der Waals surface area contributed by atoms with Crippen LogP contribution >= 0.6 is 0 Å². The molecule has 7 heteroatoms. The van der Waals surface area contributed by atoms with Crippen molar-refractivity contribution in [3.63, 3.8) is 0 Å². The standard InChI is InChI=1S/C20H30O7/c1-5-16(21)22-10-11-23-17-13(3)15-7-6-12(2)14-8-9-19(4)25-18(24-17)20(14,15)27-26-19/h5,12-15,17-18H,1,6-11H2,2-4H3/t12-,13-,14+,15+,17+,18-,19-,20-/m1/s1. The van der Waals surface area contributed by atoms with Crippen molar-refractivity contribution in [2.45, 2.75) is 70.4 Å². The lowest BCUT2D eigenvalue weighted by molar-refractivity contribution is -0.577. The van der Waals surface area contributed by atoms with E-state index in [4.69, 9.17) is 28.7 Å². The van der Waals surface area contributed by atoms with Gasteiger partial charge < -0.3 is 18.9 Å². The smallest absolute Gasteiger partial charge is 0.330 e. The minimum absolute atomic E-state index is 0.112. The molecule has 27 heavy (non-hydrogen) atoms. The maximum Gasteiger partial charge on any atom is 0.330 e. The van der Waals surface area contributed by atoms with Crippen molar-refractivity contribution in [2.75, 3.05) is 13.2 Å². The van der Waals surface area contributed by atoms with E-state index in [1.54, 1.807) is 0 Å². The molecule has 4 heterocycles. The van der Waals surface area contributed by atoms with Crippen LogP contribution in [0, 0.1) is 23.7 Å². The fourth-order valence-electron chi connectivity index (χ4n) is 5.43. The maximum absolute atomic E-state index is 11.2. The second-order valence-corrected chi connectivity index (χ2v) is 8.52. The molecule has 2 bridgehead atoms. The predicted molar refractivity (Wildman–Crippen MR) is 93.9 cm³/mol. The van der Waals surface area contributed by atoms with Gasteiger partial charge in [0.1, 0.15) is 6.61 Å². The van der Waals surface area contributed by atoms with Crippen LogP contribution in [0.15, 0.2) is 12.7 Å². The van der Waals surface area contributed by atoms with Crippen LogP contribution in [-0.2, 0) is 33.5 Å². The first-order valence-electron chi connectivity index (χ1n) is 10.0. The Morgan fingerprint density at radius 3 is 2.78 bits per heavy atom. The molecule has 0 aromatic heterocycles. The molecular formula is C20H30O7. The Bertz CT molecular complexity index is 595. The Labute approximate surface area is 160 Å². The Hall–Kier alpha value is -0.990. The summed E-state index contributed by atoms with van der Waals surface area (Å²) in [5.41, 5.74) is -0.581. The first kappa shape index (κ1) is 19.3. The van der Waals surface area contributed by atoms with E-state index in [1.165, 1.54) is 0 Å². The van der Waals surface area contributed by atoms with Crippen molar-refractivity contribution in [3.8, 4) is 0 Å². The molecule has 1 spiro atoms. The SMILES string of the molecule is C=CC(=O)OCCO[C@H]1O[C@@H]2O[C@@]3(C)CC[C@H]4[C@H](C)CC[C@@H]([C@H]1C)[C@@]24OO3.